The van der Waals surface area contributed by atoms with Gasteiger partial charge in [0.1, 0.15) is 12.6 Å². The van der Waals surface area contributed by atoms with Crippen LogP contribution in [0.25, 0.3) is 11.3 Å². The zero-order valence-corrected chi connectivity index (χ0v) is 22.0. The molecular formula is C24H26F3N5O5S2. The van der Waals surface area contributed by atoms with Gasteiger partial charge in [-0.05, 0) is 37.0 Å². The molecule has 0 spiro atoms. The summed E-state index contributed by atoms with van der Waals surface area (Å²) in [7, 11) is -3.85. The normalized spacial score (nSPS) is 12.5. The molecule has 15 heteroatoms. The Morgan fingerprint density at radius 3 is 2.38 bits per heavy atom. The molecule has 0 saturated heterocycles. The van der Waals surface area contributed by atoms with Crippen LogP contribution in [0.3, 0.4) is 0 Å². The summed E-state index contributed by atoms with van der Waals surface area (Å²) < 4.78 is 67.8. The number of nitrogens with two attached hydrogens (primary N) is 1. The first kappa shape index (κ1) is 30.0. The van der Waals surface area contributed by atoms with Crippen LogP contribution in [0.4, 0.5) is 23.1 Å². The largest absolute Gasteiger partial charge is 0.445 e. The van der Waals surface area contributed by atoms with Gasteiger partial charge in [0.05, 0.1) is 11.3 Å². The monoisotopic (exact) mass is 585 g/mol. The molecule has 2 aromatic carbocycles. The molecule has 210 valence electrons. The third-order valence-electron chi connectivity index (χ3n) is 5.29. The highest BCUT2D eigenvalue weighted by molar-refractivity contribution is 7.87. The number of alkyl halides is 3. The van der Waals surface area contributed by atoms with Gasteiger partial charge in [-0.25, -0.2) is 19.6 Å². The summed E-state index contributed by atoms with van der Waals surface area (Å²) in [6.07, 6.45) is -4.44. The standard InChI is InChI=1S/C24H26F3N5O5S2/c25-24(26,27)18-11-9-17(10-12-18)20-15-38-22(30-20)32-21(33)19(8-4-5-13-29-39(28,35)36)31-23(34)37-14-16-6-2-1-3-7-16/h1-3,6-7,9-12,15,19,29H,4-5,8,13-14H2,(H,31,34)(H2,28,35,36)(H,30,32,33)/t19-/m0/s1. The predicted molar refractivity (Wildman–Crippen MR) is 140 cm³/mol. The van der Waals surface area contributed by atoms with E-state index in [1.165, 1.54) is 12.1 Å². The van der Waals surface area contributed by atoms with Crippen LogP contribution in [0.2, 0.25) is 0 Å². The maximum Gasteiger partial charge on any atom is 0.416 e. The average Bonchev–Trinajstić information content (AvgIpc) is 3.34. The van der Waals surface area contributed by atoms with Gasteiger partial charge in [-0.15, -0.1) is 11.3 Å². The maximum atomic E-state index is 13.0. The molecule has 39 heavy (non-hydrogen) atoms. The van der Waals surface area contributed by atoms with E-state index in [-0.39, 0.29) is 24.7 Å². The molecule has 3 rings (SSSR count). The van der Waals surface area contributed by atoms with Gasteiger partial charge in [-0.2, -0.15) is 21.6 Å². The molecule has 5 N–H and O–H groups in total. The zero-order chi connectivity index (χ0) is 28.5. The number of aromatic nitrogens is 1. The van der Waals surface area contributed by atoms with Gasteiger partial charge in [0.25, 0.3) is 10.2 Å². The van der Waals surface area contributed by atoms with E-state index in [1.54, 1.807) is 29.6 Å². The maximum absolute atomic E-state index is 13.0. The van der Waals surface area contributed by atoms with E-state index in [4.69, 9.17) is 9.88 Å². The fourth-order valence-corrected chi connectivity index (χ4v) is 4.50. The van der Waals surface area contributed by atoms with Crippen molar-refractivity contribution in [1.82, 2.24) is 15.0 Å². The summed E-state index contributed by atoms with van der Waals surface area (Å²) >= 11 is 1.06. The minimum atomic E-state index is -4.46. The molecule has 3 aromatic rings. The Kier molecular flexibility index (Phi) is 10.4. The number of rotatable bonds is 12. The van der Waals surface area contributed by atoms with Gasteiger partial charge in [0.15, 0.2) is 5.13 Å². The van der Waals surface area contributed by atoms with E-state index in [0.717, 1.165) is 29.0 Å². The Morgan fingerprint density at radius 1 is 1.05 bits per heavy atom. The van der Waals surface area contributed by atoms with Crippen molar-refractivity contribution in [3.8, 4) is 11.3 Å². The third-order valence-corrected chi connectivity index (χ3v) is 6.65. The molecule has 0 bridgehead atoms. The topological polar surface area (TPSA) is 153 Å². The smallest absolute Gasteiger partial charge is 0.416 e. The fraction of sp³-hybridized carbons (Fsp3) is 0.292. The minimum absolute atomic E-state index is 0.0116. The summed E-state index contributed by atoms with van der Waals surface area (Å²) in [5.74, 6) is -0.598. The molecule has 0 fully saturated rings. The number of carbonyl (C=O) groups is 2. The summed E-state index contributed by atoms with van der Waals surface area (Å²) in [5, 5.41) is 11.8. The number of amides is 2. The van der Waals surface area contributed by atoms with Crippen LogP contribution in [0.15, 0.2) is 60.0 Å². The van der Waals surface area contributed by atoms with Gasteiger partial charge in [0, 0.05) is 17.5 Å². The summed E-state index contributed by atoms with van der Waals surface area (Å²) in [6, 6.07) is 12.3. The lowest BCUT2D eigenvalue weighted by Gasteiger charge is -2.17. The van der Waals surface area contributed by atoms with Crippen molar-refractivity contribution in [2.75, 3.05) is 11.9 Å². The highest BCUT2D eigenvalue weighted by atomic mass is 32.2. The van der Waals surface area contributed by atoms with Crippen LogP contribution in [0.5, 0.6) is 0 Å². The van der Waals surface area contributed by atoms with Gasteiger partial charge in [-0.1, -0.05) is 42.5 Å². The molecule has 1 heterocycles. The number of hydrogen-bond donors (Lipinski definition) is 4. The molecule has 0 aliphatic rings. The number of halogens is 3. The molecular weight excluding hydrogens is 559 g/mol. The Hall–Kier alpha value is -3.53. The van der Waals surface area contributed by atoms with Gasteiger partial charge < -0.3 is 15.4 Å². The number of thiazole rings is 1. The summed E-state index contributed by atoms with van der Waals surface area (Å²) in [5.41, 5.74) is 0.759. The predicted octanol–water partition coefficient (Wildman–Crippen LogP) is 4.03. The van der Waals surface area contributed by atoms with E-state index >= 15 is 0 Å². The summed E-state index contributed by atoms with van der Waals surface area (Å²) in [4.78, 5) is 29.6. The van der Waals surface area contributed by atoms with Crippen molar-refractivity contribution < 1.29 is 35.9 Å². The van der Waals surface area contributed by atoms with Crippen molar-refractivity contribution in [2.24, 2.45) is 5.14 Å². The summed E-state index contributed by atoms with van der Waals surface area (Å²) in [6.45, 7) is 0.0385. The van der Waals surface area contributed by atoms with E-state index in [1.807, 2.05) is 6.07 Å². The number of benzene rings is 2. The first-order valence-electron chi connectivity index (χ1n) is 11.6. The van der Waals surface area contributed by atoms with E-state index in [0.29, 0.717) is 24.1 Å². The van der Waals surface area contributed by atoms with Crippen LogP contribution in [0.1, 0.15) is 30.4 Å². The molecule has 1 atom stereocenters. The number of nitrogens with one attached hydrogen (secondary N) is 3. The molecule has 0 unspecified atom stereocenters. The highest BCUT2D eigenvalue weighted by Crippen LogP contribution is 2.31. The SMILES string of the molecule is NS(=O)(=O)NCCCC[C@H](NC(=O)OCc1ccccc1)C(=O)Nc1nc(-c2ccc(C(F)(F)F)cc2)cs1. The lowest BCUT2D eigenvalue weighted by Crippen LogP contribution is -2.44. The Balaban J connectivity index is 1.62. The number of hydrogen-bond acceptors (Lipinski definition) is 7. The lowest BCUT2D eigenvalue weighted by molar-refractivity contribution is -0.137. The average molecular weight is 586 g/mol. The van der Waals surface area contributed by atoms with Crippen molar-refractivity contribution in [1.29, 1.82) is 0 Å². The van der Waals surface area contributed by atoms with Crippen LogP contribution < -0.4 is 20.5 Å². The van der Waals surface area contributed by atoms with E-state index in [9.17, 15) is 31.2 Å². The molecule has 10 nitrogen and oxygen atoms in total. The van der Waals surface area contributed by atoms with E-state index < -0.39 is 40.0 Å². The lowest BCUT2D eigenvalue weighted by atomic mass is 10.1. The third kappa shape index (κ3) is 10.3. The van der Waals surface area contributed by atoms with E-state index in [2.05, 4.69) is 20.3 Å². The quantitative estimate of drug-likeness (QED) is 0.236. The first-order valence-corrected chi connectivity index (χ1v) is 14.0. The Labute approximate surface area is 227 Å². The molecule has 0 aliphatic carbocycles. The second kappa shape index (κ2) is 13.5. The minimum Gasteiger partial charge on any atom is -0.445 e. The number of anilines is 1. The van der Waals surface area contributed by atoms with Crippen LogP contribution >= 0.6 is 11.3 Å². The molecule has 2 amide bonds. The zero-order valence-electron chi connectivity index (χ0n) is 20.4. The molecule has 0 aliphatic heterocycles. The second-order valence-corrected chi connectivity index (χ2v) is 10.5. The van der Waals surface area contributed by atoms with Crippen LogP contribution in [0, 0.1) is 0 Å². The molecule has 0 saturated carbocycles. The van der Waals surface area contributed by atoms with Crippen LogP contribution in [-0.2, 0) is 32.5 Å². The van der Waals surface area contributed by atoms with Gasteiger partial charge in [-0.3, -0.25) is 4.79 Å². The van der Waals surface area contributed by atoms with Gasteiger partial charge >= 0.3 is 12.3 Å². The number of alkyl carbamates (subject to hydrolysis) is 1. The highest BCUT2D eigenvalue weighted by Gasteiger charge is 2.30. The van der Waals surface area contributed by atoms with Crippen molar-refractivity contribution in [2.45, 2.75) is 38.1 Å². The van der Waals surface area contributed by atoms with Crippen molar-refractivity contribution in [3.05, 3.63) is 71.1 Å². The first-order chi connectivity index (χ1) is 18.4. The number of ether oxygens (including phenoxy) is 1. The number of unbranched alkanes of at least 4 members (excludes halogenated alkanes) is 1. The number of carbonyl (C=O) groups excluding carboxylic acids is 2. The van der Waals surface area contributed by atoms with Crippen molar-refractivity contribution in [3.63, 3.8) is 0 Å². The number of nitrogens with zero attached hydrogens (tertiary/aromatic N) is 1. The van der Waals surface area contributed by atoms with Crippen molar-refractivity contribution >= 4 is 38.7 Å². The van der Waals surface area contributed by atoms with Crippen LogP contribution in [-0.4, -0.2) is 38.0 Å². The fourth-order valence-electron chi connectivity index (χ4n) is 3.35. The Morgan fingerprint density at radius 2 is 1.74 bits per heavy atom. The second-order valence-electron chi connectivity index (χ2n) is 8.30. The molecule has 0 radical (unpaired) electrons. The molecule has 1 aromatic heterocycles. The van der Waals surface area contributed by atoms with Gasteiger partial charge in [0.2, 0.25) is 5.91 Å². The Bertz CT molecular complexity index is 1350.